The summed E-state index contributed by atoms with van der Waals surface area (Å²) in [5.41, 5.74) is 2.07. The van der Waals surface area contributed by atoms with Gasteiger partial charge in [-0.25, -0.2) is 4.98 Å². The molecule has 29 heavy (non-hydrogen) atoms. The Morgan fingerprint density at radius 2 is 1.93 bits per heavy atom. The van der Waals surface area contributed by atoms with Crippen molar-refractivity contribution < 1.29 is 9.32 Å². The number of nitrogens with one attached hydrogen (secondary N) is 1. The minimum Gasteiger partial charge on any atom is -0.375 e. The van der Waals surface area contributed by atoms with Crippen LogP contribution >= 0.6 is 23.4 Å². The zero-order valence-corrected chi connectivity index (χ0v) is 17.0. The number of anilines is 1. The molecule has 0 spiro atoms. The molecular formula is C21H16ClN3O3S. The highest BCUT2D eigenvalue weighted by Gasteiger charge is 2.11. The van der Waals surface area contributed by atoms with Crippen molar-refractivity contribution in [1.82, 2.24) is 9.56 Å². The van der Waals surface area contributed by atoms with Crippen molar-refractivity contribution >= 4 is 40.6 Å². The number of carbonyl (C=O) groups is 1. The maximum atomic E-state index is 12.5. The Bertz CT molecular complexity index is 1250. The molecule has 6 nitrogen and oxygen atoms in total. The van der Waals surface area contributed by atoms with E-state index in [-0.39, 0.29) is 11.5 Å². The van der Waals surface area contributed by atoms with Crippen LogP contribution in [0.1, 0.15) is 21.8 Å². The average molecular weight is 426 g/mol. The number of fused-ring (bicyclic) bond motifs is 1. The van der Waals surface area contributed by atoms with Crippen molar-refractivity contribution in [2.24, 2.45) is 0 Å². The highest BCUT2D eigenvalue weighted by Crippen LogP contribution is 2.29. The Morgan fingerprint density at radius 3 is 2.72 bits per heavy atom. The van der Waals surface area contributed by atoms with E-state index >= 15 is 0 Å². The van der Waals surface area contributed by atoms with Gasteiger partial charge in [0.1, 0.15) is 5.76 Å². The van der Waals surface area contributed by atoms with Crippen molar-refractivity contribution in [3.8, 4) is 0 Å². The van der Waals surface area contributed by atoms with Gasteiger partial charge in [-0.2, -0.15) is 0 Å². The highest BCUT2D eigenvalue weighted by atomic mass is 35.5. The number of hydrogen-bond donors (Lipinski definition) is 1. The van der Waals surface area contributed by atoms with Gasteiger partial charge in [-0.05, 0) is 43.3 Å². The third-order valence-corrected chi connectivity index (χ3v) is 5.50. The lowest BCUT2D eigenvalue weighted by Crippen LogP contribution is -2.13. The number of hydrogen-bond acceptors (Lipinski definition) is 5. The second-order valence-electron chi connectivity index (χ2n) is 6.33. The number of aryl methyl sites for hydroxylation is 1. The second-order valence-corrected chi connectivity index (χ2v) is 7.78. The predicted octanol–water partition coefficient (Wildman–Crippen LogP) is 4.79. The Morgan fingerprint density at radius 1 is 1.17 bits per heavy atom. The molecule has 0 aliphatic heterocycles. The summed E-state index contributed by atoms with van der Waals surface area (Å²) < 4.78 is 6.48. The van der Waals surface area contributed by atoms with Crippen LogP contribution in [0.4, 0.5) is 5.69 Å². The van der Waals surface area contributed by atoms with Crippen molar-refractivity contribution in [3.63, 3.8) is 0 Å². The summed E-state index contributed by atoms with van der Waals surface area (Å²) in [6.07, 6.45) is 0. The molecule has 2 heterocycles. The summed E-state index contributed by atoms with van der Waals surface area (Å²) in [6, 6.07) is 17.4. The number of nitrogens with zero attached hydrogens (tertiary/aromatic N) is 2. The van der Waals surface area contributed by atoms with E-state index in [9.17, 15) is 9.59 Å². The molecule has 0 radical (unpaired) electrons. The lowest BCUT2D eigenvalue weighted by Gasteiger charge is -2.11. The topological polar surface area (TPSA) is 76.6 Å². The predicted molar refractivity (Wildman–Crippen MR) is 114 cm³/mol. The van der Waals surface area contributed by atoms with Gasteiger partial charge < -0.3 is 9.84 Å². The van der Waals surface area contributed by atoms with Gasteiger partial charge in [0.15, 0.2) is 5.65 Å². The number of amides is 1. The molecule has 1 N–H and O–H groups in total. The van der Waals surface area contributed by atoms with Gasteiger partial charge in [0.05, 0.1) is 11.4 Å². The lowest BCUT2D eigenvalue weighted by molar-refractivity contribution is 0.102. The van der Waals surface area contributed by atoms with Gasteiger partial charge in [-0.1, -0.05) is 23.7 Å². The van der Waals surface area contributed by atoms with Crippen molar-refractivity contribution in [3.05, 3.63) is 93.1 Å². The molecule has 0 fully saturated rings. The number of aromatic nitrogens is 2. The minimum atomic E-state index is -0.261. The van der Waals surface area contributed by atoms with Gasteiger partial charge in [-0.3, -0.25) is 9.59 Å². The van der Waals surface area contributed by atoms with Crippen LogP contribution in [0, 0.1) is 6.92 Å². The smallest absolute Gasteiger partial charge is 0.287 e. The fraction of sp³-hybridized carbons (Fsp3) is 0.0952. The summed E-state index contributed by atoms with van der Waals surface area (Å²) in [6.45, 7) is 1.77. The van der Waals surface area contributed by atoms with Gasteiger partial charge in [0.25, 0.3) is 11.5 Å². The molecule has 0 aliphatic rings. The monoisotopic (exact) mass is 425 g/mol. The molecule has 1 amide bonds. The summed E-state index contributed by atoms with van der Waals surface area (Å²) >= 11 is 7.37. The normalized spacial score (nSPS) is 11.0. The SMILES string of the molecule is Cc1cc2nc(CSc3ccccc3NC(=O)c3ccc(Cl)cc3)cc(=O)n2o1. The number of benzene rings is 2. The Labute approximate surface area is 175 Å². The zero-order valence-electron chi connectivity index (χ0n) is 15.4. The van der Waals surface area contributed by atoms with Crippen molar-refractivity contribution in [1.29, 1.82) is 0 Å². The number of carbonyl (C=O) groups excluding carboxylic acids is 1. The fourth-order valence-corrected chi connectivity index (χ4v) is 3.82. The van der Waals surface area contributed by atoms with E-state index in [2.05, 4.69) is 10.3 Å². The summed E-state index contributed by atoms with van der Waals surface area (Å²) in [5, 5.41) is 3.50. The quantitative estimate of drug-likeness (QED) is 0.465. The van der Waals surface area contributed by atoms with E-state index in [1.807, 2.05) is 24.3 Å². The van der Waals surface area contributed by atoms with Crippen molar-refractivity contribution in [2.75, 3.05) is 5.32 Å². The summed E-state index contributed by atoms with van der Waals surface area (Å²) in [4.78, 5) is 30.0. The minimum absolute atomic E-state index is 0.221. The Kier molecular flexibility index (Phi) is 5.42. The number of para-hydroxylation sites is 1. The second kappa shape index (κ2) is 8.14. The average Bonchev–Trinajstić information content (AvgIpc) is 3.08. The highest BCUT2D eigenvalue weighted by molar-refractivity contribution is 7.98. The molecule has 146 valence electrons. The van der Waals surface area contributed by atoms with E-state index in [1.54, 1.807) is 37.3 Å². The number of rotatable bonds is 5. The van der Waals surface area contributed by atoms with Crippen LogP contribution in [0.25, 0.3) is 5.65 Å². The van der Waals surface area contributed by atoms with Crippen LogP contribution in [-0.4, -0.2) is 15.5 Å². The van der Waals surface area contributed by atoms with Gasteiger partial charge >= 0.3 is 0 Å². The van der Waals surface area contributed by atoms with Crippen LogP contribution in [0.2, 0.25) is 5.02 Å². The van der Waals surface area contributed by atoms with Crippen LogP contribution in [-0.2, 0) is 5.75 Å². The van der Waals surface area contributed by atoms with E-state index in [1.165, 1.54) is 22.4 Å². The molecule has 0 bridgehead atoms. The van der Waals surface area contributed by atoms with Crippen LogP contribution in [0.3, 0.4) is 0 Å². The Balaban J connectivity index is 1.52. The first-order valence-electron chi connectivity index (χ1n) is 8.78. The molecule has 0 atom stereocenters. The van der Waals surface area contributed by atoms with E-state index < -0.39 is 0 Å². The van der Waals surface area contributed by atoms with Crippen LogP contribution < -0.4 is 10.9 Å². The first kappa shape index (κ1) is 19.3. The summed E-state index contributed by atoms with van der Waals surface area (Å²) in [7, 11) is 0. The van der Waals surface area contributed by atoms with E-state index in [4.69, 9.17) is 16.1 Å². The molecule has 0 aliphatic carbocycles. The fourth-order valence-electron chi connectivity index (χ4n) is 2.79. The molecule has 2 aromatic heterocycles. The molecule has 2 aromatic carbocycles. The van der Waals surface area contributed by atoms with Gasteiger partial charge in [-0.15, -0.1) is 16.3 Å². The molecule has 0 unspecified atom stereocenters. The number of halogens is 1. The zero-order chi connectivity index (χ0) is 20.4. The maximum absolute atomic E-state index is 12.5. The van der Waals surface area contributed by atoms with Crippen LogP contribution in [0.5, 0.6) is 0 Å². The Hall–Kier alpha value is -3.03. The summed E-state index contributed by atoms with van der Waals surface area (Å²) in [5.74, 6) is 0.875. The third-order valence-electron chi connectivity index (χ3n) is 4.14. The third kappa shape index (κ3) is 4.36. The van der Waals surface area contributed by atoms with Gasteiger partial charge in [0, 0.05) is 33.4 Å². The molecule has 0 saturated carbocycles. The van der Waals surface area contributed by atoms with Crippen LogP contribution in [0.15, 0.2) is 74.9 Å². The van der Waals surface area contributed by atoms with Gasteiger partial charge in [0.2, 0.25) is 0 Å². The molecule has 4 rings (SSSR count). The molecule has 8 heteroatoms. The standard InChI is InChI=1S/C21H16ClN3O3S/c1-13-10-19-23-16(11-20(26)25(19)28-13)12-29-18-5-3-2-4-17(18)24-21(27)14-6-8-15(22)9-7-14/h2-11H,12H2,1H3,(H,24,27). The first-order chi connectivity index (χ1) is 14.0. The maximum Gasteiger partial charge on any atom is 0.287 e. The first-order valence-corrected chi connectivity index (χ1v) is 10.1. The van der Waals surface area contributed by atoms with E-state index in [0.717, 1.165) is 4.90 Å². The molecule has 4 aromatic rings. The molecule has 0 saturated heterocycles. The van der Waals surface area contributed by atoms with Crippen molar-refractivity contribution in [2.45, 2.75) is 17.6 Å². The van der Waals surface area contributed by atoms with E-state index in [0.29, 0.717) is 39.1 Å². The lowest BCUT2D eigenvalue weighted by atomic mass is 10.2. The number of thioether (sulfide) groups is 1. The largest absolute Gasteiger partial charge is 0.375 e. The molecular weight excluding hydrogens is 410 g/mol.